The number of piperazine rings is 1. The quantitative estimate of drug-likeness (QED) is 0.331. The number of methoxy groups -OCH3 is 2. The van der Waals surface area contributed by atoms with E-state index in [1.54, 1.807) is 14.2 Å². The van der Waals surface area contributed by atoms with Gasteiger partial charge in [-0.15, -0.1) is 0 Å². The van der Waals surface area contributed by atoms with Crippen LogP contribution in [0.3, 0.4) is 0 Å². The molecule has 10 nitrogen and oxygen atoms in total. The molecule has 1 aliphatic heterocycles. The number of hydrogen-bond acceptors (Lipinski definition) is 7. The van der Waals surface area contributed by atoms with Crippen LogP contribution in [0.4, 0.5) is 5.69 Å². The zero-order valence-corrected chi connectivity index (χ0v) is 26.3. The Morgan fingerprint density at radius 3 is 2.59 bits per heavy atom. The second kappa shape index (κ2) is 11.4. The Hall–Kier alpha value is -4.15. The fourth-order valence-corrected chi connectivity index (χ4v) is 7.14. The zero-order valence-electron chi connectivity index (χ0n) is 26.3. The van der Waals surface area contributed by atoms with Crippen LogP contribution >= 0.6 is 0 Å². The van der Waals surface area contributed by atoms with Crippen LogP contribution in [0.1, 0.15) is 58.4 Å². The average molecular weight is 596 g/mol. The number of fused-ring (bicyclic) bond motifs is 2. The highest BCUT2D eigenvalue weighted by Gasteiger charge is 2.38. The van der Waals surface area contributed by atoms with Gasteiger partial charge >= 0.3 is 0 Å². The number of aryl methyl sites for hydroxylation is 1. The zero-order chi connectivity index (χ0) is 30.5. The lowest BCUT2D eigenvalue weighted by molar-refractivity contribution is 0.0586. The summed E-state index contributed by atoms with van der Waals surface area (Å²) in [6, 6.07) is 8.40. The predicted molar refractivity (Wildman–Crippen MR) is 171 cm³/mol. The van der Waals surface area contributed by atoms with Gasteiger partial charge in [0.25, 0.3) is 5.91 Å². The number of aromatic nitrogens is 4. The van der Waals surface area contributed by atoms with Crippen molar-refractivity contribution in [1.82, 2.24) is 28.7 Å². The van der Waals surface area contributed by atoms with Gasteiger partial charge in [-0.2, -0.15) is 0 Å². The summed E-state index contributed by atoms with van der Waals surface area (Å²) in [6.45, 7) is 6.60. The largest absolute Gasteiger partial charge is 0.496 e. The molecule has 0 unspecified atom stereocenters. The molecule has 0 radical (unpaired) electrons. The van der Waals surface area contributed by atoms with Crippen LogP contribution in [0.25, 0.3) is 22.5 Å². The summed E-state index contributed by atoms with van der Waals surface area (Å²) in [5.74, 6) is 2.71. The fraction of sp³-hybridized carbons (Fsp3) is 0.441. The number of carbonyl (C=O) groups excluding carboxylic acids is 1. The Bertz CT molecular complexity index is 1760. The molecule has 3 aromatic heterocycles. The second-order valence-electron chi connectivity index (χ2n) is 12.3. The molecule has 10 heteroatoms. The molecule has 3 aliphatic rings. The van der Waals surface area contributed by atoms with Crippen molar-refractivity contribution in [2.24, 2.45) is 7.05 Å². The Kier molecular flexibility index (Phi) is 7.42. The van der Waals surface area contributed by atoms with E-state index in [1.165, 1.54) is 0 Å². The van der Waals surface area contributed by atoms with Gasteiger partial charge in [-0.25, -0.2) is 4.98 Å². The van der Waals surface area contributed by atoms with Crippen molar-refractivity contribution in [2.75, 3.05) is 52.8 Å². The normalized spacial score (nSPS) is 20.6. The van der Waals surface area contributed by atoms with Crippen molar-refractivity contribution in [3.05, 3.63) is 71.2 Å². The van der Waals surface area contributed by atoms with E-state index in [4.69, 9.17) is 14.5 Å². The minimum Gasteiger partial charge on any atom is -0.496 e. The smallest absolute Gasteiger partial charge is 0.272 e. The van der Waals surface area contributed by atoms with E-state index in [9.17, 15) is 4.79 Å². The summed E-state index contributed by atoms with van der Waals surface area (Å²) in [5.41, 5.74) is 7.03. The molecule has 1 saturated carbocycles. The summed E-state index contributed by atoms with van der Waals surface area (Å²) >= 11 is 0. The molecule has 2 aliphatic carbocycles. The van der Waals surface area contributed by atoms with Crippen molar-refractivity contribution in [1.29, 1.82) is 0 Å². The third-order valence-corrected chi connectivity index (χ3v) is 9.81. The SMILES string of the molecule is COC1=CCCc2c1cc(C(=O)Nc1ccc(-c3nc(C4CC(N5CCN(C)CC5)C4)n4ccnc(C)c34)cc1OC)n2C. The molecular formula is C34H41N7O3. The molecule has 4 heterocycles. The van der Waals surface area contributed by atoms with Crippen molar-refractivity contribution >= 4 is 22.9 Å². The summed E-state index contributed by atoms with van der Waals surface area (Å²) in [4.78, 5) is 28.4. The number of ether oxygens (including phenoxy) is 2. The minimum absolute atomic E-state index is 0.196. The van der Waals surface area contributed by atoms with Crippen molar-refractivity contribution in [3.63, 3.8) is 0 Å². The molecule has 1 N–H and O–H groups in total. The van der Waals surface area contributed by atoms with Gasteiger partial charge in [-0.3, -0.25) is 19.1 Å². The van der Waals surface area contributed by atoms with E-state index < -0.39 is 0 Å². The fourth-order valence-electron chi connectivity index (χ4n) is 7.14. The summed E-state index contributed by atoms with van der Waals surface area (Å²) in [7, 11) is 7.43. The summed E-state index contributed by atoms with van der Waals surface area (Å²) in [6.07, 6.45) is 9.99. The first-order valence-corrected chi connectivity index (χ1v) is 15.5. The van der Waals surface area contributed by atoms with Crippen LogP contribution in [0.15, 0.2) is 42.7 Å². The molecule has 44 heavy (non-hydrogen) atoms. The number of rotatable bonds is 7. The topological polar surface area (TPSA) is 89.2 Å². The van der Waals surface area contributed by atoms with E-state index in [1.807, 2.05) is 55.2 Å². The Morgan fingerprint density at radius 2 is 1.84 bits per heavy atom. The molecule has 4 aromatic rings. The number of nitrogens with zero attached hydrogens (tertiary/aromatic N) is 6. The van der Waals surface area contributed by atoms with E-state index >= 15 is 0 Å². The summed E-state index contributed by atoms with van der Waals surface area (Å²) < 4.78 is 15.5. The van der Waals surface area contributed by atoms with Gasteiger partial charge in [-0.1, -0.05) is 6.07 Å². The first-order chi connectivity index (χ1) is 21.4. The van der Waals surface area contributed by atoms with Gasteiger partial charge in [0.05, 0.1) is 36.8 Å². The molecule has 7 rings (SSSR count). The number of nitrogens with one attached hydrogen (secondary N) is 1. The molecule has 0 spiro atoms. The van der Waals surface area contributed by atoms with Gasteiger partial charge < -0.3 is 24.3 Å². The molecular weight excluding hydrogens is 554 g/mol. The number of imidazole rings is 1. The third-order valence-electron chi connectivity index (χ3n) is 9.81. The van der Waals surface area contributed by atoms with Gasteiger partial charge in [0, 0.05) is 74.4 Å². The highest BCUT2D eigenvalue weighted by Crippen LogP contribution is 2.42. The Morgan fingerprint density at radius 1 is 1.05 bits per heavy atom. The number of hydrogen-bond donors (Lipinski definition) is 1. The number of allylic oxidation sites excluding steroid dienone is 1. The van der Waals surface area contributed by atoms with Crippen LogP contribution in [-0.2, 0) is 18.2 Å². The molecule has 230 valence electrons. The van der Waals surface area contributed by atoms with E-state index in [0.717, 1.165) is 97.2 Å². The lowest BCUT2D eigenvalue weighted by Gasteiger charge is -2.45. The standard InChI is InChI=1S/C34H41N7O3/c1-21-32-31(37-33(41(32)12-11-35-21)23-17-24(18-23)40-15-13-38(2)14-16-40)22-9-10-26(30(19-22)44-5)36-34(42)28-20-25-27(39(28)3)7-6-8-29(25)43-4/h8-12,19-20,23-24H,6-7,13-18H2,1-5H3,(H,36,42). The average Bonchev–Trinajstić information content (AvgIpc) is 3.56. The van der Waals surface area contributed by atoms with E-state index in [2.05, 4.69) is 37.6 Å². The number of likely N-dealkylation sites (N-methyl/N-ethyl adjacent to an activating group) is 1. The molecule has 1 amide bonds. The van der Waals surface area contributed by atoms with Gasteiger partial charge in [0.15, 0.2) is 0 Å². The second-order valence-corrected chi connectivity index (χ2v) is 12.3. The molecule has 0 bridgehead atoms. The van der Waals surface area contributed by atoms with Crippen LogP contribution in [0, 0.1) is 6.92 Å². The first-order valence-electron chi connectivity index (χ1n) is 15.5. The van der Waals surface area contributed by atoms with Crippen LogP contribution in [0.2, 0.25) is 0 Å². The first kappa shape index (κ1) is 28.6. The molecule has 1 aromatic carbocycles. The monoisotopic (exact) mass is 595 g/mol. The lowest BCUT2D eigenvalue weighted by Crippen LogP contribution is -2.52. The van der Waals surface area contributed by atoms with Crippen LogP contribution in [0.5, 0.6) is 5.75 Å². The van der Waals surface area contributed by atoms with E-state index in [0.29, 0.717) is 29.1 Å². The number of benzene rings is 1. The Labute approximate surface area is 258 Å². The van der Waals surface area contributed by atoms with Gasteiger partial charge in [-0.05, 0) is 63.9 Å². The van der Waals surface area contributed by atoms with Crippen LogP contribution < -0.4 is 10.1 Å². The maximum atomic E-state index is 13.5. The molecule has 2 fully saturated rings. The predicted octanol–water partition coefficient (Wildman–Crippen LogP) is 4.73. The van der Waals surface area contributed by atoms with Gasteiger partial charge in [0.2, 0.25) is 0 Å². The van der Waals surface area contributed by atoms with Crippen LogP contribution in [-0.4, -0.2) is 88.1 Å². The molecule has 0 atom stereocenters. The van der Waals surface area contributed by atoms with Gasteiger partial charge in [0.1, 0.15) is 23.0 Å². The number of carbonyl (C=O) groups is 1. The number of anilines is 1. The van der Waals surface area contributed by atoms with Crippen molar-refractivity contribution in [3.8, 4) is 17.0 Å². The maximum absolute atomic E-state index is 13.5. The van der Waals surface area contributed by atoms with Crippen molar-refractivity contribution in [2.45, 2.75) is 44.6 Å². The third kappa shape index (κ3) is 4.86. The van der Waals surface area contributed by atoms with E-state index in [-0.39, 0.29) is 5.91 Å². The lowest BCUT2D eigenvalue weighted by atomic mass is 9.78. The highest BCUT2D eigenvalue weighted by molar-refractivity contribution is 6.05. The highest BCUT2D eigenvalue weighted by atomic mass is 16.5. The summed E-state index contributed by atoms with van der Waals surface area (Å²) in [5, 5.41) is 3.08. The minimum atomic E-state index is -0.196. The molecule has 1 saturated heterocycles. The Balaban J connectivity index is 1.15. The maximum Gasteiger partial charge on any atom is 0.272 e. The van der Waals surface area contributed by atoms with Crippen molar-refractivity contribution < 1.29 is 14.3 Å². The number of amides is 1.